The molecule has 0 aromatic rings. The molecule has 1 atom stereocenters. The van der Waals surface area contributed by atoms with Crippen LogP contribution in [0.5, 0.6) is 0 Å². The van der Waals surface area contributed by atoms with Gasteiger partial charge in [0.15, 0.2) is 0 Å². The predicted molar refractivity (Wildman–Crippen MR) is 133 cm³/mol. The van der Waals surface area contributed by atoms with Gasteiger partial charge in [-0.1, -0.05) is 96.1 Å². The zero-order chi connectivity index (χ0) is 22.5. The Morgan fingerprint density at radius 1 is 0.800 bits per heavy atom. The molecule has 0 N–H and O–H groups in total. The molecule has 0 amide bonds. The molecule has 0 aromatic carbocycles. The molecule has 172 valence electrons. The molecule has 0 spiro atoms. The molecule has 0 saturated carbocycles. The third kappa shape index (κ3) is 22.7. The Balaban J connectivity index is 3.59. The van der Waals surface area contributed by atoms with E-state index in [0.29, 0.717) is 18.9 Å². The first-order valence-electron chi connectivity index (χ1n) is 12.1. The fourth-order valence-corrected chi connectivity index (χ4v) is 3.34. The maximum Gasteiger partial charge on any atom is 0.305 e. The fourth-order valence-electron chi connectivity index (χ4n) is 3.34. The van der Waals surface area contributed by atoms with Crippen molar-refractivity contribution in [2.45, 2.75) is 105 Å². The van der Waals surface area contributed by atoms with E-state index in [1.165, 1.54) is 25.7 Å². The molecular formula is C28H48O2. The van der Waals surface area contributed by atoms with Gasteiger partial charge in [0.05, 0.1) is 6.61 Å². The van der Waals surface area contributed by atoms with Crippen molar-refractivity contribution >= 4 is 5.97 Å². The van der Waals surface area contributed by atoms with Crippen LogP contribution in [0.15, 0.2) is 48.6 Å². The van der Waals surface area contributed by atoms with E-state index in [4.69, 9.17) is 4.74 Å². The number of esters is 1. The van der Waals surface area contributed by atoms with Gasteiger partial charge in [0.1, 0.15) is 0 Å². The highest BCUT2D eigenvalue weighted by atomic mass is 16.5. The highest BCUT2D eigenvalue weighted by Crippen LogP contribution is 2.24. The van der Waals surface area contributed by atoms with Crippen LogP contribution in [-0.4, -0.2) is 12.6 Å². The number of ether oxygens (including phenoxy) is 1. The van der Waals surface area contributed by atoms with E-state index >= 15 is 0 Å². The van der Waals surface area contributed by atoms with Crippen LogP contribution in [0.4, 0.5) is 0 Å². The molecular weight excluding hydrogens is 368 g/mol. The van der Waals surface area contributed by atoms with E-state index in [1.54, 1.807) is 0 Å². The highest BCUT2D eigenvalue weighted by Gasteiger charge is 2.16. The number of carbonyl (C=O) groups is 1. The van der Waals surface area contributed by atoms with Crippen LogP contribution in [-0.2, 0) is 9.53 Å². The van der Waals surface area contributed by atoms with Gasteiger partial charge in [-0.2, -0.15) is 0 Å². The van der Waals surface area contributed by atoms with Crippen molar-refractivity contribution in [3.63, 3.8) is 0 Å². The first-order valence-corrected chi connectivity index (χ1v) is 12.1. The van der Waals surface area contributed by atoms with Crippen LogP contribution in [0, 0.1) is 11.3 Å². The van der Waals surface area contributed by atoms with Gasteiger partial charge in [-0.05, 0) is 62.7 Å². The van der Waals surface area contributed by atoms with Crippen LogP contribution in [0.2, 0.25) is 0 Å². The zero-order valence-corrected chi connectivity index (χ0v) is 20.5. The first kappa shape index (κ1) is 28.4. The van der Waals surface area contributed by atoms with Crippen molar-refractivity contribution in [2.24, 2.45) is 11.3 Å². The largest absolute Gasteiger partial charge is 0.465 e. The predicted octanol–water partition coefficient (Wildman–Crippen LogP) is 8.75. The Hall–Kier alpha value is -1.57. The maximum atomic E-state index is 11.8. The molecule has 0 radical (unpaired) electrons. The Morgan fingerprint density at radius 2 is 1.30 bits per heavy atom. The molecule has 2 heteroatoms. The number of unbranched alkanes of at least 4 members (excludes halogenated alkanes) is 4. The lowest BCUT2D eigenvalue weighted by Crippen LogP contribution is -2.17. The quantitative estimate of drug-likeness (QED) is 0.134. The summed E-state index contributed by atoms with van der Waals surface area (Å²) in [4.78, 5) is 11.8. The van der Waals surface area contributed by atoms with Crippen molar-refractivity contribution in [2.75, 3.05) is 6.61 Å². The Morgan fingerprint density at radius 3 is 1.80 bits per heavy atom. The summed E-state index contributed by atoms with van der Waals surface area (Å²) in [6, 6.07) is 0. The van der Waals surface area contributed by atoms with E-state index in [2.05, 4.69) is 83.2 Å². The third-order valence-corrected chi connectivity index (χ3v) is 4.70. The van der Waals surface area contributed by atoms with E-state index in [9.17, 15) is 4.79 Å². The standard InChI is InChI=1S/C28H48O2/c1-6-7-8-9-10-11-12-13-14-15-16-17-18-19-20-21-22-23-27(29)30-25-26(2)24-28(3,4)5/h10-11,13-14,16-17,19-20,26H,6-9,12,15,18,21-25H2,1-5H3/b11-10-,14-13-,17-16-,20-19-. The molecule has 1 unspecified atom stereocenters. The van der Waals surface area contributed by atoms with Crippen LogP contribution >= 0.6 is 0 Å². The summed E-state index contributed by atoms with van der Waals surface area (Å²) in [5.41, 5.74) is 0.284. The average Bonchev–Trinajstić information content (AvgIpc) is 2.67. The van der Waals surface area contributed by atoms with Crippen molar-refractivity contribution in [3.8, 4) is 0 Å². The van der Waals surface area contributed by atoms with Gasteiger partial charge in [0.2, 0.25) is 0 Å². The van der Waals surface area contributed by atoms with Crippen molar-refractivity contribution < 1.29 is 9.53 Å². The minimum atomic E-state index is -0.0633. The van der Waals surface area contributed by atoms with Gasteiger partial charge in [0, 0.05) is 6.42 Å². The van der Waals surface area contributed by atoms with Crippen molar-refractivity contribution in [1.82, 2.24) is 0 Å². The van der Waals surface area contributed by atoms with E-state index in [-0.39, 0.29) is 11.4 Å². The SMILES string of the molecule is CCCCC/C=C\C/C=C\C/C=C\C/C=C\CCCC(=O)OCC(C)CC(C)(C)C. The highest BCUT2D eigenvalue weighted by molar-refractivity contribution is 5.69. The average molecular weight is 417 g/mol. The van der Waals surface area contributed by atoms with E-state index < -0.39 is 0 Å². The van der Waals surface area contributed by atoms with Gasteiger partial charge in [-0.3, -0.25) is 4.79 Å². The van der Waals surface area contributed by atoms with Gasteiger partial charge in [-0.25, -0.2) is 0 Å². The summed E-state index contributed by atoms with van der Waals surface area (Å²) in [6.07, 6.45) is 29.3. The van der Waals surface area contributed by atoms with Gasteiger partial charge >= 0.3 is 5.97 Å². The van der Waals surface area contributed by atoms with Gasteiger partial charge in [0.25, 0.3) is 0 Å². The summed E-state index contributed by atoms with van der Waals surface area (Å²) < 4.78 is 5.39. The minimum absolute atomic E-state index is 0.0633. The van der Waals surface area contributed by atoms with Crippen LogP contribution < -0.4 is 0 Å². The van der Waals surface area contributed by atoms with E-state index in [0.717, 1.165) is 38.5 Å². The fraction of sp³-hybridized carbons (Fsp3) is 0.679. The summed E-state index contributed by atoms with van der Waals surface area (Å²) in [6.45, 7) is 11.6. The zero-order valence-electron chi connectivity index (χ0n) is 20.5. The second-order valence-corrected chi connectivity index (χ2v) is 9.53. The smallest absolute Gasteiger partial charge is 0.305 e. The lowest BCUT2D eigenvalue weighted by Gasteiger charge is -2.22. The molecule has 30 heavy (non-hydrogen) atoms. The topological polar surface area (TPSA) is 26.3 Å². The molecule has 0 aliphatic rings. The lowest BCUT2D eigenvalue weighted by molar-refractivity contribution is -0.145. The Bertz CT molecular complexity index is 517. The molecule has 0 fully saturated rings. The van der Waals surface area contributed by atoms with Crippen molar-refractivity contribution in [3.05, 3.63) is 48.6 Å². The van der Waals surface area contributed by atoms with Crippen LogP contribution in [0.3, 0.4) is 0 Å². The van der Waals surface area contributed by atoms with Crippen LogP contribution in [0.1, 0.15) is 105 Å². The van der Waals surface area contributed by atoms with Gasteiger partial charge < -0.3 is 4.74 Å². The Kier molecular flexibility index (Phi) is 18.4. The Labute approximate surface area is 187 Å². The summed E-state index contributed by atoms with van der Waals surface area (Å²) >= 11 is 0. The molecule has 0 aliphatic carbocycles. The summed E-state index contributed by atoms with van der Waals surface area (Å²) in [7, 11) is 0. The number of hydrogen-bond donors (Lipinski definition) is 0. The normalized spacial score (nSPS) is 13.9. The molecule has 0 saturated heterocycles. The van der Waals surface area contributed by atoms with Crippen LogP contribution in [0.25, 0.3) is 0 Å². The second-order valence-electron chi connectivity index (χ2n) is 9.53. The lowest BCUT2D eigenvalue weighted by atomic mass is 9.86. The third-order valence-electron chi connectivity index (χ3n) is 4.70. The number of rotatable bonds is 17. The monoisotopic (exact) mass is 416 g/mol. The summed E-state index contributed by atoms with van der Waals surface area (Å²) in [5.74, 6) is 0.356. The van der Waals surface area contributed by atoms with E-state index in [1.807, 2.05) is 0 Å². The van der Waals surface area contributed by atoms with Crippen molar-refractivity contribution in [1.29, 1.82) is 0 Å². The molecule has 0 aromatic heterocycles. The number of allylic oxidation sites excluding steroid dienone is 8. The van der Waals surface area contributed by atoms with Gasteiger partial charge in [-0.15, -0.1) is 0 Å². The summed E-state index contributed by atoms with van der Waals surface area (Å²) in [5, 5.41) is 0. The number of carbonyl (C=O) groups excluding carboxylic acids is 1. The molecule has 0 aliphatic heterocycles. The molecule has 0 heterocycles. The minimum Gasteiger partial charge on any atom is -0.465 e. The first-order chi connectivity index (χ1) is 14.3. The molecule has 0 rings (SSSR count). The molecule has 2 nitrogen and oxygen atoms in total. The molecule has 0 bridgehead atoms. The maximum absolute atomic E-state index is 11.8. The number of hydrogen-bond acceptors (Lipinski definition) is 2. The second kappa shape index (κ2) is 19.4.